The van der Waals surface area contributed by atoms with Gasteiger partial charge in [-0.05, 0) is 30.3 Å². The third-order valence-electron chi connectivity index (χ3n) is 2.23. The Balaban J connectivity index is 2.32. The maximum Gasteiger partial charge on any atom is 0.150 e. The highest BCUT2D eigenvalue weighted by atomic mass is 35.5. The molecule has 0 radical (unpaired) electrons. The van der Waals surface area contributed by atoms with Crippen molar-refractivity contribution in [3.63, 3.8) is 0 Å². The van der Waals surface area contributed by atoms with Gasteiger partial charge < -0.3 is 4.74 Å². The van der Waals surface area contributed by atoms with E-state index in [4.69, 9.17) is 39.5 Å². The number of halogens is 3. The molecule has 0 amide bonds. The van der Waals surface area contributed by atoms with Gasteiger partial charge in [-0.1, -0.05) is 35.3 Å². The second-order valence-corrected chi connectivity index (χ2v) is 4.53. The van der Waals surface area contributed by atoms with Gasteiger partial charge >= 0.3 is 0 Å². The van der Waals surface area contributed by atoms with Crippen molar-refractivity contribution in [3.8, 4) is 11.5 Å². The minimum Gasteiger partial charge on any atom is -0.455 e. The normalized spacial score (nSPS) is 10.3. The van der Waals surface area contributed by atoms with Gasteiger partial charge in [-0.3, -0.25) is 0 Å². The molecule has 0 aliphatic carbocycles. The van der Waals surface area contributed by atoms with E-state index in [9.17, 15) is 0 Å². The average Bonchev–Trinajstić information content (AvgIpc) is 2.34. The fourth-order valence-electron chi connectivity index (χ4n) is 1.39. The fraction of sp³-hybridized carbons (Fsp3) is 0.0769. The molecule has 2 aromatic rings. The molecule has 0 atom stereocenters. The van der Waals surface area contributed by atoms with Gasteiger partial charge in [0, 0.05) is 10.6 Å². The minimum absolute atomic E-state index is 0.351. The smallest absolute Gasteiger partial charge is 0.150 e. The molecule has 0 saturated carbocycles. The highest BCUT2D eigenvalue weighted by Gasteiger charge is 2.08. The molecular weight excluding hydrogens is 279 g/mol. The molecule has 2 rings (SSSR count). The molecule has 0 aliphatic heterocycles. The lowest BCUT2D eigenvalue weighted by molar-refractivity contribution is 0.478. The zero-order valence-corrected chi connectivity index (χ0v) is 11.1. The van der Waals surface area contributed by atoms with Gasteiger partial charge in [0.25, 0.3) is 0 Å². The van der Waals surface area contributed by atoms with Crippen LogP contribution in [0.15, 0.2) is 42.5 Å². The van der Waals surface area contributed by atoms with Crippen LogP contribution in [0.4, 0.5) is 0 Å². The first-order valence-corrected chi connectivity index (χ1v) is 6.26. The lowest BCUT2D eigenvalue weighted by atomic mass is 10.2. The third kappa shape index (κ3) is 3.06. The summed E-state index contributed by atoms with van der Waals surface area (Å²) in [5.41, 5.74) is 0.856. The van der Waals surface area contributed by atoms with E-state index in [0.29, 0.717) is 27.4 Å². The number of rotatable bonds is 3. The van der Waals surface area contributed by atoms with Gasteiger partial charge in [0.15, 0.2) is 0 Å². The highest BCUT2D eigenvalue weighted by Crippen LogP contribution is 2.34. The number of benzene rings is 2. The van der Waals surface area contributed by atoms with E-state index in [-0.39, 0.29) is 0 Å². The van der Waals surface area contributed by atoms with Crippen molar-refractivity contribution in [2.75, 3.05) is 0 Å². The molecule has 0 fully saturated rings. The standard InChI is InChI=1S/C13H9Cl3O/c14-8-9-2-1-3-12(16)13(9)17-11-6-4-10(15)5-7-11/h1-7H,8H2. The van der Waals surface area contributed by atoms with Gasteiger partial charge in [-0.15, -0.1) is 11.6 Å². The van der Waals surface area contributed by atoms with Gasteiger partial charge in [0.1, 0.15) is 11.5 Å². The van der Waals surface area contributed by atoms with Crippen LogP contribution in [0.25, 0.3) is 0 Å². The Morgan fingerprint density at radius 1 is 0.941 bits per heavy atom. The molecule has 88 valence electrons. The van der Waals surface area contributed by atoms with E-state index in [1.807, 2.05) is 12.1 Å². The lowest BCUT2D eigenvalue weighted by Gasteiger charge is -2.11. The van der Waals surface area contributed by atoms with Crippen molar-refractivity contribution in [1.29, 1.82) is 0 Å². The van der Waals surface area contributed by atoms with Crippen molar-refractivity contribution < 1.29 is 4.74 Å². The SMILES string of the molecule is ClCc1cccc(Cl)c1Oc1ccc(Cl)cc1. The molecular formula is C13H9Cl3O. The maximum atomic E-state index is 6.08. The summed E-state index contributed by atoms with van der Waals surface area (Å²) in [6, 6.07) is 12.6. The molecule has 0 spiro atoms. The van der Waals surface area contributed by atoms with Crippen LogP contribution >= 0.6 is 34.8 Å². The quantitative estimate of drug-likeness (QED) is 0.675. The first kappa shape index (κ1) is 12.6. The number of hydrogen-bond donors (Lipinski definition) is 0. The molecule has 0 bridgehead atoms. The maximum absolute atomic E-state index is 6.08. The lowest BCUT2D eigenvalue weighted by Crippen LogP contribution is -1.90. The van der Waals surface area contributed by atoms with Gasteiger partial charge in [0.2, 0.25) is 0 Å². The van der Waals surface area contributed by atoms with Crippen LogP contribution in [0.1, 0.15) is 5.56 Å². The number of hydrogen-bond acceptors (Lipinski definition) is 1. The molecule has 0 N–H and O–H groups in total. The zero-order valence-electron chi connectivity index (χ0n) is 8.79. The molecule has 0 unspecified atom stereocenters. The van der Waals surface area contributed by atoms with E-state index >= 15 is 0 Å². The summed E-state index contributed by atoms with van der Waals surface area (Å²) >= 11 is 17.7. The van der Waals surface area contributed by atoms with Crippen LogP contribution in [0.2, 0.25) is 10.0 Å². The van der Waals surface area contributed by atoms with Crippen LogP contribution in [0.5, 0.6) is 11.5 Å². The van der Waals surface area contributed by atoms with Crippen LogP contribution < -0.4 is 4.74 Å². The third-order valence-corrected chi connectivity index (χ3v) is 3.06. The zero-order chi connectivity index (χ0) is 12.3. The molecule has 0 heterocycles. The molecule has 4 heteroatoms. The molecule has 0 saturated heterocycles. The Hall–Kier alpha value is -0.890. The van der Waals surface area contributed by atoms with Crippen molar-refractivity contribution in [3.05, 3.63) is 58.1 Å². The van der Waals surface area contributed by atoms with E-state index in [1.165, 1.54) is 0 Å². The Morgan fingerprint density at radius 2 is 1.65 bits per heavy atom. The topological polar surface area (TPSA) is 9.23 Å². The first-order valence-electron chi connectivity index (χ1n) is 4.97. The fourth-order valence-corrected chi connectivity index (χ4v) is 1.96. The predicted molar refractivity (Wildman–Crippen MR) is 72.5 cm³/mol. The first-order chi connectivity index (χ1) is 8.20. The average molecular weight is 288 g/mol. The molecule has 1 nitrogen and oxygen atoms in total. The predicted octanol–water partition coefficient (Wildman–Crippen LogP) is 5.52. The number of ether oxygens (including phenoxy) is 1. The minimum atomic E-state index is 0.351. The molecule has 0 aliphatic rings. The second-order valence-electron chi connectivity index (χ2n) is 3.42. The summed E-state index contributed by atoms with van der Waals surface area (Å²) in [4.78, 5) is 0. The van der Waals surface area contributed by atoms with Crippen molar-refractivity contribution in [1.82, 2.24) is 0 Å². The van der Waals surface area contributed by atoms with Gasteiger partial charge in [-0.2, -0.15) is 0 Å². The second kappa shape index (κ2) is 5.63. The largest absolute Gasteiger partial charge is 0.455 e. The van der Waals surface area contributed by atoms with Crippen molar-refractivity contribution in [2.24, 2.45) is 0 Å². The molecule has 2 aromatic carbocycles. The summed E-state index contributed by atoms with van der Waals surface area (Å²) in [6.07, 6.45) is 0. The van der Waals surface area contributed by atoms with Crippen molar-refractivity contribution >= 4 is 34.8 Å². The number of alkyl halides is 1. The van der Waals surface area contributed by atoms with E-state index in [0.717, 1.165) is 5.56 Å². The summed E-state index contributed by atoms with van der Waals surface area (Å²) in [5.74, 6) is 1.61. The van der Waals surface area contributed by atoms with Crippen LogP contribution in [-0.2, 0) is 5.88 Å². The molecule has 17 heavy (non-hydrogen) atoms. The monoisotopic (exact) mass is 286 g/mol. The van der Waals surface area contributed by atoms with Crippen LogP contribution in [-0.4, -0.2) is 0 Å². The van der Waals surface area contributed by atoms with Crippen molar-refractivity contribution in [2.45, 2.75) is 5.88 Å². The van der Waals surface area contributed by atoms with Gasteiger partial charge in [-0.25, -0.2) is 0 Å². The summed E-state index contributed by atoms with van der Waals surface area (Å²) in [5, 5.41) is 1.20. The summed E-state index contributed by atoms with van der Waals surface area (Å²) < 4.78 is 5.71. The van der Waals surface area contributed by atoms with E-state index in [2.05, 4.69) is 0 Å². The molecule has 0 aromatic heterocycles. The van der Waals surface area contributed by atoms with E-state index in [1.54, 1.807) is 30.3 Å². The van der Waals surface area contributed by atoms with Gasteiger partial charge in [0.05, 0.1) is 10.9 Å². The van der Waals surface area contributed by atoms with E-state index < -0.39 is 0 Å². The van der Waals surface area contributed by atoms with Crippen LogP contribution in [0, 0.1) is 0 Å². The Kier molecular flexibility index (Phi) is 4.16. The summed E-state index contributed by atoms with van der Waals surface area (Å²) in [6.45, 7) is 0. The highest BCUT2D eigenvalue weighted by molar-refractivity contribution is 6.32. The summed E-state index contributed by atoms with van der Waals surface area (Å²) in [7, 11) is 0. The Labute approximate surface area is 115 Å². The van der Waals surface area contributed by atoms with Crippen LogP contribution in [0.3, 0.4) is 0 Å². The Bertz CT molecular complexity index is 509. The Morgan fingerprint density at radius 3 is 2.29 bits per heavy atom. The number of para-hydroxylation sites is 1.